The van der Waals surface area contributed by atoms with Gasteiger partial charge in [0, 0.05) is 31.7 Å². The molecule has 3 heterocycles. The molecule has 0 aromatic heterocycles. The summed E-state index contributed by atoms with van der Waals surface area (Å²) in [5.74, 6) is 1.02. The van der Waals surface area contributed by atoms with E-state index in [0.29, 0.717) is 19.0 Å². The molecule has 3 aliphatic heterocycles. The zero-order chi connectivity index (χ0) is 15.9. The molecule has 2 bridgehead atoms. The van der Waals surface area contributed by atoms with Crippen molar-refractivity contribution in [2.75, 3.05) is 32.7 Å². The molecular weight excluding hydrogens is 290 g/mol. The Hall–Kier alpha value is -1.88. The van der Waals surface area contributed by atoms with E-state index in [1.54, 1.807) is 0 Å². The molecule has 4 fully saturated rings. The lowest BCUT2D eigenvalue weighted by Gasteiger charge is -2.39. The first-order valence-corrected chi connectivity index (χ1v) is 8.57. The van der Waals surface area contributed by atoms with Crippen molar-refractivity contribution in [1.82, 2.24) is 15.1 Å². The van der Waals surface area contributed by atoms with E-state index in [9.17, 15) is 9.59 Å². The Morgan fingerprint density at radius 3 is 2.39 bits per heavy atom. The SMILES string of the molecule is O=C(c1ccccc1)N1CCCN(C(=O)C23CC(CN2)C3)CC1. The Balaban J connectivity index is 1.40. The lowest BCUT2D eigenvalue weighted by molar-refractivity contribution is -0.140. The quantitative estimate of drug-likeness (QED) is 0.890. The van der Waals surface area contributed by atoms with Crippen LogP contribution in [0.3, 0.4) is 0 Å². The Morgan fingerprint density at radius 2 is 1.70 bits per heavy atom. The zero-order valence-corrected chi connectivity index (χ0v) is 13.3. The summed E-state index contributed by atoms with van der Waals surface area (Å²) in [4.78, 5) is 29.2. The van der Waals surface area contributed by atoms with E-state index >= 15 is 0 Å². The van der Waals surface area contributed by atoms with E-state index in [4.69, 9.17) is 0 Å². The number of rotatable bonds is 2. The molecule has 5 heteroatoms. The van der Waals surface area contributed by atoms with Crippen LogP contribution in [-0.2, 0) is 4.79 Å². The summed E-state index contributed by atoms with van der Waals surface area (Å²) >= 11 is 0. The first kappa shape index (κ1) is 14.7. The molecule has 1 N–H and O–H groups in total. The highest BCUT2D eigenvalue weighted by atomic mass is 16.2. The normalized spacial score (nSPS) is 29.8. The number of benzene rings is 1. The highest BCUT2D eigenvalue weighted by molar-refractivity contribution is 5.94. The van der Waals surface area contributed by atoms with Crippen LogP contribution in [0.15, 0.2) is 30.3 Å². The predicted octanol–water partition coefficient (Wildman–Crippen LogP) is 1.11. The molecule has 2 amide bonds. The zero-order valence-electron chi connectivity index (χ0n) is 13.3. The fourth-order valence-corrected chi connectivity index (χ4v) is 4.19. The molecule has 4 aliphatic rings. The monoisotopic (exact) mass is 313 g/mol. The van der Waals surface area contributed by atoms with Crippen molar-refractivity contribution in [2.45, 2.75) is 24.8 Å². The van der Waals surface area contributed by atoms with Crippen LogP contribution >= 0.6 is 0 Å². The molecular formula is C18H23N3O2. The smallest absolute Gasteiger partial charge is 0.253 e. The van der Waals surface area contributed by atoms with E-state index in [-0.39, 0.29) is 17.4 Å². The highest BCUT2D eigenvalue weighted by Crippen LogP contribution is 2.44. The van der Waals surface area contributed by atoms with Crippen molar-refractivity contribution in [2.24, 2.45) is 5.92 Å². The third-order valence-corrected chi connectivity index (χ3v) is 5.50. The van der Waals surface area contributed by atoms with Crippen LogP contribution in [-0.4, -0.2) is 59.9 Å². The first-order valence-electron chi connectivity index (χ1n) is 8.57. The molecule has 5 nitrogen and oxygen atoms in total. The van der Waals surface area contributed by atoms with Crippen LogP contribution in [0.2, 0.25) is 0 Å². The Labute approximate surface area is 136 Å². The van der Waals surface area contributed by atoms with Crippen LogP contribution < -0.4 is 5.32 Å². The number of carbonyl (C=O) groups excluding carboxylic acids is 2. The maximum absolute atomic E-state index is 12.8. The number of fused-ring (bicyclic) bond motifs is 1. The first-order chi connectivity index (χ1) is 11.2. The minimum absolute atomic E-state index is 0.0701. The number of carbonyl (C=O) groups is 2. The van der Waals surface area contributed by atoms with Gasteiger partial charge in [0.05, 0.1) is 5.54 Å². The Kier molecular flexibility index (Phi) is 3.60. The molecule has 122 valence electrons. The summed E-state index contributed by atoms with van der Waals surface area (Å²) in [5, 5.41) is 3.41. The number of hydrogen-bond acceptors (Lipinski definition) is 3. The fourth-order valence-electron chi connectivity index (χ4n) is 4.19. The van der Waals surface area contributed by atoms with E-state index in [2.05, 4.69) is 5.32 Å². The molecule has 23 heavy (non-hydrogen) atoms. The largest absolute Gasteiger partial charge is 0.339 e. The number of nitrogens with zero attached hydrogens (tertiary/aromatic N) is 2. The second kappa shape index (κ2) is 5.64. The number of amides is 2. The number of hydrogen-bond donors (Lipinski definition) is 1. The van der Waals surface area contributed by atoms with Gasteiger partial charge < -0.3 is 15.1 Å². The molecule has 0 atom stereocenters. The third-order valence-electron chi connectivity index (χ3n) is 5.50. The van der Waals surface area contributed by atoms with E-state index < -0.39 is 0 Å². The summed E-state index contributed by atoms with van der Waals surface area (Å²) in [5.41, 5.74) is 0.452. The van der Waals surface area contributed by atoms with Gasteiger partial charge in [0.25, 0.3) is 5.91 Å². The number of nitrogens with one attached hydrogen (secondary N) is 1. The van der Waals surface area contributed by atoms with Crippen LogP contribution in [0.25, 0.3) is 0 Å². The van der Waals surface area contributed by atoms with Gasteiger partial charge >= 0.3 is 0 Å². The molecule has 1 aromatic carbocycles. The molecule has 0 radical (unpaired) electrons. The molecule has 0 unspecified atom stereocenters. The summed E-state index contributed by atoms with van der Waals surface area (Å²) in [6, 6.07) is 9.40. The van der Waals surface area contributed by atoms with Gasteiger partial charge in [-0.25, -0.2) is 0 Å². The lowest BCUT2D eigenvalue weighted by atomic mass is 9.72. The molecule has 3 saturated heterocycles. The topological polar surface area (TPSA) is 52.7 Å². The summed E-state index contributed by atoms with van der Waals surface area (Å²) in [6.07, 6.45) is 2.84. The van der Waals surface area contributed by atoms with Gasteiger partial charge in [0.15, 0.2) is 0 Å². The molecule has 1 aromatic rings. The minimum atomic E-state index is -0.275. The second-order valence-corrected chi connectivity index (χ2v) is 7.04. The van der Waals surface area contributed by atoms with Gasteiger partial charge in [0.1, 0.15) is 0 Å². The van der Waals surface area contributed by atoms with E-state index in [0.717, 1.165) is 44.5 Å². The van der Waals surface area contributed by atoms with Crippen LogP contribution in [0.1, 0.15) is 29.6 Å². The van der Waals surface area contributed by atoms with Crippen molar-refractivity contribution < 1.29 is 9.59 Å². The maximum atomic E-state index is 12.8. The fraction of sp³-hybridized carbons (Fsp3) is 0.556. The van der Waals surface area contributed by atoms with Crippen LogP contribution in [0, 0.1) is 5.92 Å². The minimum Gasteiger partial charge on any atom is -0.339 e. The predicted molar refractivity (Wildman–Crippen MR) is 87.0 cm³/mol. The molecule has 5 rings (SSSR count). The van der Waals surface area contributed by atoms with Gasteiger partial charge in [-0.15, -0.1) is 0 Å². The maximum Gasteiger partial charge on any atom is 0.253 e. The van der Waals surface area contributed by atoms with Gasteiger partial charge in [0.2, 0.25) is 5.91 Å². The summed E-state index contributed by atoms with van der Waals surface area (Å²) in [7, 11) is 0. The average molecular weight is 313 g/mol. The van der Waals surface area contributed by atoms with Gasteiger partial charge in [-0.05, 0) is 43.9 Å². The van der Waals surface area contributed by atoms with Crippen LogP contribution in [0.5, 0.6) is 0 Å². The van der Waals surface area contributed by atoms with E-state index in [1.165, 1.54) is 0 Å². The Morgan fingerprint density at radius 1 is 1.00 bits per heavy atom. The third kappa shape index (κ3) is 2.53. The van der Waals surface area contributed by atoms with Crippen molar-refractivity contribution in [3.8, 4) is 0 Å². The summed E-state index contributed by atoms with van der Waals surface area (Å²) < 4.78 is 0. The van der Waals surface area contributed by atoms with Crippen molar-refractivity contribution in [3.05, 3.63) is 35.9 Å². The van der Waals surface area contributed by atoms with Crippen molar-refractivity contribution in [1.29, 1.82) is 0 Å². The second-order valence-electron chi connectivity index (χ2n) is 7.04. The van der Waals surface area contributed by atoms with Crippen LogP contribution in [0.4, 0.5) is 0 Å². The standard InChI is InChI=1S/C18H23N3O2/c22-16(15-5-2-1-3-6-15)20-7-4-8-21(10-9-20)17(23)18-11-14(12-18)13-19-18/h1-3,5-6,14,19H,4,7-13H2. The molecule has 1 saturated carbocycles. The summed E-state index contributed by atoms with van der Waals surface area (Å²) in [6.45, 7) is 3.73. The lowest BCUT2D eigenvalue weighted by Crippen LogP contribution is -2.57. The Bertz CT molecular complexity index is 604. The molecule has 0 spiro atoms. The molecule has 1 aliphatic carbocycles. The van der Waals surface area contributed by atoms with Crippen molar-refractivity contribution in [3.63, 3.8) is 0 Å². The highest BCUT2D eigenvalue weighted by Gasteiger charge is 2.56. The van der Waals surface area contributed by atoms with Gasteiger partial charge in [-0.2, -0.15) is 0 Å². The van der Waals surface area contributed by atoms with E-state index in [1.807, 2.05) is 40.1 Å². The van der Waals surface area contributed by atoms with Gasteiger partial charge in [-0.1, -0.05) is 18.2 Å². The average Bonchev–Trinajstić information content (AvgIpc) is 3.08. The van der Waals surface area contributed by atoms with Crippen molar-refractivity contribution >= 4 is 11.8 Å². The van der Waals surface area contributed by atoms with Gasteiger partial charge in [-0.3, -0.25) is 9.59 Å².